The molecule has 0 unspecified atom stereocenters. The number of carbonyl (C=O) groups excluding carboxylic acids is 1. The van der Waals surface area contributed by atoms with Crippen LogP contribution in [0.4, 0.5) is 0 Å². The van der Waals surface area contributed by atoms with Crippen molar-refractivity contribution in [3.8, 4) is 0 Å². The van der Waals surface area contributed by atoms with Crippen LogP contribution < -0.4 is 0 Å². The highest BCUT2D eigenvalue weighted by Gasteiger charge is 2.25. The van der Waals surface area contributed by atoms with E-state index in [4.69, 9.17) is 0 Å². The molecule has 0 aromatic carbocycles. The van der Waals surface area contributed by atoms with Crippen molar-refractivity contribution in [3.63, 3.8) is 0 Å². The topological polar surface area (TPSA) is 23.6 Å². The van der Waals surface area contributed by atoms with Gasteiger partial charge < -0.3 is 4.90 Å². The minimum Gasteiger partial charge on any atom is -0.336 e. The second-order valence-electron chi connectivity index (χ2n) is 3.17. The summed E-state index contributed by atoms with van der Waals surface area (Å²) in [6, 6.07) is 0.498. The molecule has 0 spiro atoms. The summed E-state index contributed by atoms with van der Waals surface area (Å²) in [5.74, 6) is 0.0583. The van der Waals surface area contributed by atoms with Gasteiger partial charge in [0.25, 0.3) is 0 Å². The lowest BCUT2D eigenvalue weighted by molar-refractivity contribution is -0.127. The van der Waals surface area contributed by atoms with Crippen molar-refractivity contribution in [1.29, 1.82) is 0 Å². The number of carbonyl (C=O) groups is 1. The predicted octanol–water partition coefficient (Wildman–Crippen LogP) is 1.45. The monoisotopic (exact) mass is 294 g/mol. The molecule has 1 aliphatic rings. The van der Waals surface area contributed by atoms with E-state index < -0.39 is 0 Å². The van der Waals surface area contributed by atoms with Gasteiger partial charge in [-0.15, -0.1) is 0 Å². The van der Waals surface area contributed by atoms with Gasteiger partial charge in [-0.2, -0.15) is 0 Å². The Labute approximate surface area is 93.3 Å². The van der Waals surface area contributed by atoms with Gasteiger partial charge in [0.1, 0.15) is 0 Å². The highest BCUT2D eigenvalue weighted by molar-refractivity contribution is 14.1. The van der Waals surface area contributed by atoms with E-state index in [0.29, 0.717) is 6.04 Å². The largest absolute Gasteiger partial charge is 0.336 e. The Hall–Kier alpha value is -0.100. The first-order valence-electron chi connectivity index (χ1n) is 4.52. The molecule has 1 aliphatic heterocycles. The van der Waals surface area contributed by atoms with Crippen LogP contribution in [0.3, 0.4) is 0 Å². The Morgan fingerprint density at radius 3 is 2.92 bits per heavy atom. The van der Waals surface area contributed by atoms with Crippen molar-refractivity contribution in [2.75, 3.05) is 19.6 Å². The van der Waals surface area contributed by atoms with E-state index in [9.17, 15) is 4.79 Å². The van der Waals surface area contributed by atoms with Crippen molar-refractivity contribution in [2.45, 2.75) is 19.4 Å². The van der Waals surface area contributed by atoms with Crippen molar-refractivity contribution < 1.29 is 4.79 Å². The van der Waals surface area contributed by atoms with Crippen LogP contribution >= 0.6 is 22.9 Å². The van der Waals surface area contributed by atoms with Gasteiger partial charge >= 0.3 is 0 Å². The number of rotatable bonds is 2. The Kier molecular flexibility index (Phi) is 4.18. The zero-order valence-electron chi connectivity index (χ0n) is 7.87. The summed E-state index contributed by atoms with van der Waals surface area (Å²) in [7, 11) is 0. The highest BCUT2D eigenvalue weighted by Crippen LogP contribution is 2.16. The second-order valence-corrected chi connectivity index (χ2v) is 4.41. The first-order chi connectivity index (χ1) is 6.19. The van der Waals surface area contributed by atoms with E-state index in [1.807, 2.05) is 4.90 Å². The van der Waals surface area contributed by atoms with E-state index in [1.54, 1.807) is 0 Å². The Morgan fingerprint density at radius 2 is 2.38 bits per heavy atom. The summed E-state index contributed by atoms with van der Waals surface area (Å²) in [5.41, 5.74) is 0. The molecule has 13 heavy (non-hydrogen) atoms. The standard InChI is InChI=1S/C9H15IN2O/c1-3-8-7-11(9(13)4-2)5-6-12(8)10/h4,8H,2-3,5-7H2,1H3/t8-/m0/s1. The smallest absolute Gasteiger partial charge is 0.246 e. The maximum Gasteiger partial charge on any atom is 0.246 e. The van der Waals surface area contributed by atoms with E-state index in [-0.39, 0.29) is 5.91 Å². The van der Waals surface area contributed by atoms with Crippen molar-refractivity contribution in [3.05, 3.63) is 12.7 Å². The molecule has 1 heterocycles. The Morgan fingerprint density at radius 1 is 1.69 bits per heavy atom. The molecule has 0 aromatic rings. The third kappa shape index (κ3) is 2.67. The SMILES string of the molecule is C=CC(=O)N1CCN(I)[C@@H](CC)C1. The van der Waals surface area contributed by atoms with Crippen molar-refractivity contribution in [1.82, 2.24) is 8.01 Å². The zero-order chi connectivity index (χ0) is 9.84. The van der Waals surface area contributed by atoms with Crippen LogP contribution in [0, 0.1) is 0 Å². The number of nitrogens with zero attached hydrogens (tertiary/aromatic N) is 2. The minimum atomic E-state index is 0.0583. The zero-order valence-corrected chi connectivity index (χ0v) is 10.0. The quantitative estimate of drug-likeness (QED) is 0.437. The third-order valence-corrected chi connectivity index (χ3v) is 3.64. The first kappa shape index (κ1) is 11.0. The number of amides is 1. The summed E-state index contributed by atoms with van der Waals surface area (Å²) in [5, 5.41) is 0. The first-order valence-corrected chi connectivity index (χ1v) is 5.49. The molecule has 0 aliphatic carbocycles. The number of halogens is 1. The van der Waals surface area contributed by atoms with Crippen LogP contribution in [0.2, 0.25) is 0 Å². The van der Waals surface area contributed by atoms with Gasteiger partial charge in [0.05, 0.1) is 0 Å². The van der Waals surface area contributed by atoms with Crippen LogP contribution in [0.15, 0.2) is 12.7 Å². The van der Waals surface area contributed by atoms with Gasteiger partial charge in [-0.05, 0) is 12.5 Å². The van der Waals surface area contributed by atoms with Crippen molar-refractivity contribution >= 4 is 28.8 Å². The molecule has 4 heteroatoms. The van der Waals surface area contributed by atoms with Gasteiger partial charge in [-0.1, -0.05) is 13.5 Å². The number of hydrogen-bond donors (Lipinski definition) is 0. The molecule has 3 nitrogen and oxygen atoms in total. The second kappa shape index (κ2) is 4.95. The van der Waals surface area contributed by atoms with Gasteiger partial charge in [-0.25, -0.2) is 3.11 Å². The maximum absolute atomic E-state index is 11.3. The van der Waals surface area contributed by atoms with Crippen LogP contribution in [0.1, 0.15) is 13.3 Å². The third-order valence-electron chi connectivity index (χ3n) is 2.37. The molecule has 1 rings (SSSR count). The fourth-order valence-corrected chi connectivity index (χ4v) is 2.28. The Balaban J connectivity index is 2.54. The molecule has 0 N–H and O–H groups in total. The summed E-state index contributed by atoms with van der Waals surface area (Å²) >= 11 is 2.33. The summed E-state index contributed by atoms with van der Waals surface area (Å²) in [4.78, 5) is 13.2. The van der Waals surface area contributed by atoms with Crippen LogP contribution in [0.25, 0.3) is 0 Å². The lowest BCUT2D eigenvalue weighted by Gasteiger charge is -2.37. The number of hydrogen-bond acceptors (Lipinski definition) is 2. The average Bonchev–Trinajstić information content (AvgIpc) is 2.17. The Bertz CT molecular complexity index is 208. The van der Waals surface area contributed by atoms with Crippen molar-refractivity contribution in [2.24, 2.45) is 0 Å². The normalized spacial score (nSPS) is 24.5. The molecule has 0 aromatic heterocycles. The fraction of sp³-hybridized carbons (Fsp3) is 0.667. The molecular weight excluding hydrogens is 279 g/mol. The molecule has 1 fully saturated rings. The molecule has 1 atom stereocenters. The molecule has 1 saturated heterocycles. The van der Waals surface area contributed by atoms with Crippen LogP contribution in [-0.4, -0.2) is 39.6 Å². The van der Waals surface area contributed by atoms with E-state index in [1.165, 1.54) is 6.08 Å². The van der Waals surface area contributed by atoms with Gasteiger partial charge in [0.15, 0.2) is 0 Å². The maximum atomic E-state index is 11.3. The van der Waals surface area contributed by atoms with E-state index >= 15 is 0 Å². The van der Waals surface area contributed by atoms with E-state index in [0.717, 1.165) is 26.1 Å². The van der Waals surface area contributed by atoms with Gasteiger partial charge in [-0.3, -0.25) is 4.79 Å². The fourth-order valence-electron chi connectivity index (χ4n) is 1.49. The van der Waals surface area contributed by atoms with E-state index in [2.05, 4.69) is 39.5 Å². The number of piperazine rings is 1. The van der Waals surface area contributed by atoms with Gasteiger partial charge in [0.2, 0.25) is 5.91 Å². The summed E-state index contributed by atoms with van der Waals surface area (Å²) in [6.07, 6.45) is 2.49. The lowest BCUT2D eigenvalue weighted by atomic mass is 10.1. The summed E-state index contributed by atoms with van der Waals surface area (Å²) in [6.45, 7) is 8.27. The molecule has 0 radical (unpaired) electrons. The molecule has 1 amide bonds. The highest BCUT2D eigenvalue weighted by atomic mass is 127. The predicted molar refractivity (Wildman–Crippen MR) is 61.6 cm³/mol. The average molecular weight is 294 g/mol. The molecule has 0 saturated carbocycles. The molecule has 0 bridgehead atoms. The minimum absolute atomic E-state index is 0.0583. The summed E-state index contributed by atoms with van der Waals surface area (Å²) < 4.78 is 2.28. The van der Waals surface area contributed by atoms with Crippen LogP contribution in [0.5, 0.6) is 0 Å². The van der Waals surface area contributed by atoms with Crippen LogP contribution in [-0.2, 0) is 4.79 Å². The lowest BCUT2D eigenvalue weighted by Crippen LogP contribution is -2.50. The molecule has 74 valence electrons. The van der Waals surface area contributed by atoms with Gasteiger partial charge in [0, 0.05) is 48.5 Å². The molecular formula is C9H15IN2O.